The second-order valence-corrected chi connectivity index (χ2v) is 7.06. The van der Waals surface area contributed by atoms with E-state index in [-0.39, 0.29) is 23.9 Å². The van der Waals surface area contributed by atoms with E-state index in [0.717, 1.165) is 24.5 Å². The predicted molar refractivity (Wildman–Crippen MR) is 114 cm³/mol. The lowest BCUT2D eigenvalue weighted by molar-refractivity contribution is -0.385. The number of nitro benzene ring substituents is 1. The highest BCUT2D eigenvalue weighted by molar-refractivity contribution is 5.95. The van der Waals surface area contributed by atoms with Gasteiger partial charge in [0.1, 0.15) is 0 Å². The average Bonchev–Trinajstić information content (AvgIpc) is 2.74. The van der Waals surface area contributed by atoms with Gasteiger partial charge in [-0.25, -0.2) is 0 Å². The first kappa shape index (κ1) is 20.4. The van der Waals surface area contributed by atoms with E-state index >= 15 is 0 Å². The molecule has 154 valence electrons. The van der Waals surface area contributed by atoms with Crippen LogP contribution in [0.1, 0.15) is 24.8 Å². The molecule has 0 spiro atoms. The largest absolute Gasteiger partial charge is 0.490 e. The molecule has 0 bridgehead atoms. The van der Waals surface area contributed by atoms with Crippen LogP contribution in [0.25, 0.3) is 0 Å². The number of nitrogens with zero attached hydrogens (tertiary/aromatic N) is 2. The Labute approximate surface area is 170 Å². The van der Waals surface area contributed by atoms with Crippen molar-refractivity contribution >= 4 is 28.7 Å². The van der Waals surface area contributed by atoms with Gasteiger partial charge in [-0.1, -0.05) is 12.1 Å². The Hall–Kier alpha value is -3.29. The smallest absolute Gasteiger partial charge is 0.311 e. The number of rotatable bonds is 7. The van der Waals surface area contributed by atoms with Crippen molar-refractivity contribution in [2.24, 2.45) is 0 Å². The van der Waals surface area contributed by atoms with Gasteiger partial charge in [0.25, 0.3) is 0 Å². The monoisotopic (exact) mass is 398 g/mol. The first-order valence-electron chi connectivity index (χ1n) is 9.70. The normalized spacial score (nSPS) is 13.7. The van der Waals surface area contributed by atoms with Gasteiger partial charge in [-0.15, -0.1) is 0 Å². The van der Waals surface area contributed by atoms with Gasteiger partial charge < -0.3 is 20.3 Å². The molecule has 0 saturated carbocycles. The highest BCUT2D eigenvalue weighted by Gasteiger charge is 2.19. The summed E-state index contributed by atoms with van der Waals surface area (Å²) >= 11 is 0. The number of nitro groups is 1. The van der Waals surface area contributed by atoms with E-state index in [1.54, 1.807) is 6.92 Å². The second kappa shape index (κ2) is 9.27. The fourth-order valence-electron chi connectivity index (χ4n) is 3.52. The lowest BCUT2D eigenvalue weighted by atomic mass is 10.1. The van der Waals surface area contributed by atoms with Crippen LogP contribution in [-0.4, -0.2) is 37.6 Å². The van der Waals surface area contributed by atoms with Crippen LogP contribution in [0.2, 0.25) is 0 Å². The summed E-state index contributed by atoms with van der Waals surface area (Å²) in [5, 5.41) is 17.1. The van der Waals surface area contributed by atoms with Crippen molar-refractivity contribution in [1.29, 1.82) is 0 Å². The molecule has 0 unspecified atom stereocenters. The number of carbonyl (C=O) groups excluding carboxylic acids is 1. The lowest BCUT2D eigenvalue weighted by Gasteiger charge is -2.30. The van der Waals surface area contributed by atoms with E-state index in [4.69, 9.17) is 4.74 Å². The van der Waals surface area contributed by atoms with Gasteiger partial charge >= 0.3 is 5.69 Å². The lowest BCUT2D eigenvalue weighted by Crippen LogP contribution is -2.30. The van der Waals surface area contributed by atoms with Crippen molar-refractivity contribution in [2.75, 3.05) is 42.3 Å². The van der Waals surface area contributed by atoms with Gasteiger partial charge in [-0.3, -0.25) is 14.9 Å². The summed E-state index contributed by atoms with van der Waals surface area (Å²) in [4.78, 5) is 25.4. The molecular formula is C21H26N4O4. The van der Waals surface area contributed by atoms with Crippen LogP contribution < -0.4 is 20.3 Å². The van der Waals surface area contributed by atoms with Crippen LogP contribution in [0, 0.1) is 17.0 Å². The maximum atomic E-state index is 12.5. The Morgan fingerprint density at radius 2 is 1.90 bits per heavy atom. The third-order valence-corrected chi connectivity index (χ3v) is 5.04. The van der Waals surface area contributed by atoms with E-state index in [1.807, 2.05) is 18.2 Å². The quantitative estimate of drug-likeness (QED) is 0.541. The summed E-state index contributed by atoms with van der Waals surface area (Å²) < 4.78 is 5.08. The molecule has 2 aromatic carbocycles. The molecule has 0 radical (unpaired) electrons. The first-order chi connectivity index (χ1) is 14.0. The minimum atomic E-state index is -0.503. The Kier molecular flexibility index (Phi) is 6.54. The third kappa shape index (κ3) is 4.96. The van der Waals surface area contributed by atoms with Crippen molar-refractivity contribution in [3.8, 4) is 5.75 Å². The molecule has 0 atom stereocenters. The zero-order chi connectivity index (χ0) is 20.8. The number of benzene rings is 2. The molecule has 0 aromatic heterocycles. The van der Waals surface area contributed by atoms with E-state index in [1.165, 1.54) is 38.5 Å². The van der Waals surface area contributed by atoms with Gasteiger partial charge in [0.05, 0.1) is 30.0 Å². The third-order valence-electron chi connectivity index (χ3n) is 5.04. The van der Waals surface area contributed by atoms with Gasteiger partial charge in [0, 0.05) is 30.9 Å². The summed E-state index contributed by atoms with van der Waals surface area (Å²) in [6.45, 7) is 3.84. The molecule has 29 heavy (non-hydrogen) atoms. The molecule has 1 heterocycles. The molecule has 8 heteroatoms. The highest BCUT2D eigenvalue weighted by atomic mass is 16.6. The van der Waals surface area contributed by atoms with Gasteiger partial charge in [0.2, 0.25) is 5.91 Å². The van der Waals surface area contributed by atoms with E-state index in [9.17, 15) is 14.9 Å². The SMILES string of the molecule is COc1cc(NC(=O)CNc2ccccc2N2CCCCC2)c(C)cc1[N+](=O)[O-]. The number of hydrogen-bond acceptors (Lipinski definition) is 6. The van der Waals surface area contributed by atoms with Gasteiger partial charge in [-0.2, -0.15) is 0 Å². The summed E-state index contributed by atoms with van der Waals surface area (Å²) in [5.74, 6) is -0.128. The first-order valence-corrected chi connectivity index (χ1v) is 9.70. The molecule has 1 saturated heterocycles. The number of amides is 1. The minimum absolute atomic E-state index is 0.0869. The van der Waals surface area contributed by atoms with Crippen molar-refractivity contribution in [3.05, 3.63) is 52.1 Å². The number of ether oxygens (including phenoxy) is 1. The summed E-state index contributed by atoms with van der Waals surface area (Å²) in [7, 11) is 1.36. The maximum absolute atomic E-state index is 12.5. The molecule has 8 nitrogen and oxygen atoms in total. The fraction of sp³-hybridized carbons (Fsp3) is 0.381. The molecular weight excluding hydrogens is 372 g/mol. The van der Waals surface area contributed by atoms with Gasteiger partial charge in [0.15, 0.2) is 5.75 Å². The fourth-order valence-corrected chi connectivity index (χ4v) is 3.52. The standard InChI is InChI=1S/C21H26N4O4/c1-15-12-19(25(27)28)20(29-2)13-17(15)23-21(26)14-22-16-8-4-5-9-18(16)24-10-6-3-7-11-24/h4-5,8-9,12-13,22H,3,6-7,10-11,14H2,1-2H3,(H,23,26). The molecule has 1 aliphatic heterocycles. The van der Waals surface area contributed by atoms with Crippen molar-refractivity contribution in [2.45, 2.75) is 26.2 Å². The Morgan fingerprint density at radius 1 is 1.17 bits per heavy atom. The molecule has 0 aliphatic carbocycles. The topological polar surface area (TPSA) is 96.7 Å². The second-order valence-electron chi connectivity index (χ2n) is 7.06. The van der Waals surface area contributed by atoms with Crippen molar-refractivity contribution in [1.82, 2.24) is 0 Å². The zero-order valence-electron chi connectivity index (χ0n) is 16.7. The highest BCUT2D eigenvalue weighted by Crippen LogP contribution is 2.33. The number of para-hydroxylation sites is 2. The Bertz CT molecular complexity index is 894. The summed E-state index contributed by atoms with van der Waals surface area (Å²) in [6, 6.07) is 10.9. The zero-order valence-corrected chi connectivity index (χ0v) is 16.7. The molecule has 3 rings (SSSR count). The molecule has 1 fully saturated rings. The number of hydrogen-bond donors (Lipinski definition) is 2. The van der Waals surface area contributed by atoms with Crippen molar-refractivity contribution in [3.63, 3.8) is 0 Å². The van der Waals surface area contributed by atoms with Crippen LogP contribution in [0.3, 0.4) is 0 Å². The Balaban J connectivity index is 1.67. The number of methoxy groups -OCH3 is 1. The number of aryl methyl sites for hydroxylation is 1. The molecule has 1 aliphatic rings. The van der Waals surface area contributed by atoms with E-state index in [2.05, 4.69) is 21.6 Å². The van der Waals surface area contributed by atoms with E-state index < -0.39 is 4.92 Å². The molecule has 1 amide bonds. The Morgan fingerprint density at radius 3 is 2.59 bits per heavy atom. The summed E-state index contributed by atoms with van der Waals surface area (Å²) in [5.41, 5.74) is 2.98. The minimum Gasteiger partial charge on any atom is -0.490 e. The predicted octanol–water partition coefficient (Wildman–Crippen LogP) is 3.95. The number of carbonyl (C=O) groups is 1. The van der Waals surface area contributed by atoms with Crippen molar-refractivity contribution < 1.29 is 14.5 Å². The van der Waals surface area contributed by atoms with Crippen LogP contribution in [0.15, 0.2) is 36.4 Å². The maximum Gasteiger partial charge on any atom is 0.311 e. The average molecular weight is 398 g/mol. The number of piperidine rings is 1. The van der Waals surface area contributed by atoms with Crippen LogP contribution in [-0.2, 0) is 4.79 Å². The van der Waals surface area contributed by atoms with Crippen LogP contribution >= 0.6 is 0 Å². The number of nitrogens with one attached hydrogen (secondary N) is 2. The van der Waals surface area contributed by atoms with Crippen LogP contribution in [0.5, 0.6) is 5.75 Å². The number of anilines is 3. The van der Waals surface area contributed by atoms with Crippen LogP contribution in [0.4, 0.5) is 22.7 Å². The molecule has 2 N–H and O–H groups in total. The van der Waals surface area contributed by atoms with Gasteiger partial charge in [-0.05, 0) is 43.9 Å². The summed E-state index contributed by atoms with van der Waals surface area (Å²) in [6.07, 6.45) is 3.61. The van der Waals surface area contributed by atoms with E-state index in [0.29, 0.717) is 11.3 Å². The molecule has 2 aromatic rings.